The van der Waals surface area contributed by atoms with Crippen LogP contribution in [0.1, 0.15) is 11.4 Å². The molecular formula is C12H11BrFN3O. The van der Waals surface area contributed by atoms with E-state index in [1.54, 1.807) is 26.0 Å². The molecule has 2 N–H and O–H groups in total. The standard InChI is InChI=1S/C12H11BrFN3O/c1-6-11(15)16-7(2)17-12(6)18-8-3-4-9(13)10(14)5-8/h3-5H,1-2H3,(H2,15,16,17). The summed E-state index contributed by atoms with van der Waals surface area (Å²) < 4.78 is 19.3. The van der Waals surface area contributed by atoms with Crippen molar-refractivity contribution in [1.82, 2.24) is 9.97 Å². The van der Waals surface area contributed by atoms with Gasteiger partial charge in [0.15, 0.2) is 0 Å². The molecule has 0 radical (unpaired) electrons. The van der Waals surface area contributed by atoms with Crippen LogP contribution in [0.15, 0.2) is 22.7 Å². The summed E-state index contributed by atoms with van der Waals surface area (Å²) in [5, 5.41) is 0. The second kappa shape index (κ2) is 4.89. The topological polar surface area (TPSA) is 61.0 Å². The van der Waals surface area contributed by atoms with E-state index in [0.717, 1.165) is 0 Å². The monoisotopic (exact) mass is 311 g/mol. The van der Waals surface area contributed by atoms with Crippen molar-refractivity contribution in [1.29, 1.82) is 0 Å². The molecule has 0 aliphatic heterocycles. The first-order valence-corrected chi connectivity index (χ1v) is 6.00. The Hall–Kier alpha value is -1.69. The maximum atomic E-state index is 13.4. The van der Waals surface area contributed by atoms with Gasteiger partial charge in [0.1, 0.15) is 23.2 Å². The van der Waals surface area contributed by atoms with Crippen LogP contribution in [0.2, 0.25) is 0 Å². The number of aryl methyl sites for hydroxylation is 1. The largest absolute Gasteiger partial charge is 0.438 e. The molecule has 0 aliphatic rings. The van der Waals surface area contributed by atoms with Gasteiger partial charge in [0.25, 0.3) is 0 Å². The molecule has 0 spiro atoms. The van der Waals surface area contributed by atoms with E-state index in [9.17, 15) is 4.39 Å². The number of rotatable bonds is 2. The lowest BCUT2D eigenvalue weighted by atomic mass is 10.3. The highest BCUT2D eigenvalue weighted by Gasteiger charge is 2.10. The molecule has 0 aliphatic carbocycles. The zero-order chi connectivity index (χ0) is 13.3. The van der Waals surface area contributed by atoms with Crippen molar-refractivity contribution in [3.63, 3.8) is 0 Å². The lowest BCUT2D eigenvalue weighted by Crippen LogP contribution is -2.02. The van der Waals surface area contributed by atoms with Gasteiger partial charge in [-0.05, 0) is 41.9 Å². The molecule has 1 aromatic heterocycles. The third kappa shape index (κ3) is 2.59. The van der Waals surface area contributed by atoms with E-state index in [-0.39, 0.29) is 0 Å². The Morgan fingerprint density at radius 1 is 1.28 bits per heavy atom. The first-order valence-electron chi connectivity index (χ1n) is 5.21. The molecule has 94 valence electrons. The Morgan fingerprint density at radius 3 is 2.67 bits per heavy atom. The summed E-state index contributed by atoms with van der Waals surface area (Å²) in [6, 6.07) is 4.48. The van der Waals surface area contributed by atoms with Gasteiger partial charge in [-0.25, -0.2) is 9.37 Å². The fraction of sp³-hybridized carbons (Fsp3) is 0.167. The molecular weight excluding hydrogens is 301 g/mol. The molecule has 1 heterocycles. The number of hydrogen-bond donors (Lipinski definition) is 1. The number of ether oxygens (including phenoxy) is 1. The summed E-state index contributed by atoms with van der Waals surface area (Å²) in [7, 11) is 0. The predicted molar refractivity (Wildman–Crippen MR) is 70.1 cm³/mol. The zero-order valence-electron chi connectivity index (χ0n) is 9.87. The molecule has 0 unspecified atom stereocenters. The third-order valence-electron chi connectivity index (χ3n) is 2.36. The van der Waals surface area contributed by atoms with Crippen LogP contribution in [0.3, 0.4) is 0 Å². The van der Waals surface area contributed by atoms with Gasteiger partial charge in [-0.1, -0.05) is 0 Å². The summed E-state index contributed by atoms with van der Waals surface area (Å²) >= 11 is 3.08. The molecule has 1 aromatic carbocycles. The zero-order valence-corrected chi connectivity index (χ0v) is 11.5. The first kappa shape index (κ1) is 12.8. The Morgan fingerprint density at radius 2 is 2.00 bits per heavy atom. The van der Waals surface area contributed by atoms with E-state index in [1.807, 2.05) is 0 Å². The molecule has 4 nitrogen and oxygen atoms in total. The highest BCUT2D eigenvalue weighted by Crippen LogP contribution is 2.28. The van der Waals surface area contributed by atoms with Crippen LogP contribution in [0.25, 0.3) is 0 Å². The van der Waals surface area contributed by atoms with E-state index in [4.69, 9.17) is 10.5 Å². The van der Waals surface area contributed by atoms with Crippen molar-refractivity contribution in [3.05, 3.63) is 39.9 Å². The maximum Gasteiger partial charge on any atom is 0.227 e. The summed E-state index contributed by atoms with van der Waals surface area (Å²) in [5.74, 6) is 1.16. The van der Waals surface area contributed by atoms with Crippen LogP contribution in [-0.2, 0) is 0 Å². The molecule has 2 rings (SSSR count). The number of aromatic nitrogens is 2. The van der Waals surface area contributed by atoms with Gasteiger partial charge in [0, 0.05) is 6.07 Å². The average Bonchev–Trinajstić information content (AvgIpc) is 2.30. The molecule has 0 atom stereocenters. The average molecular weight is 312 g/mol. The van der Waals surface area contributed by atoms with Gasteiger partial charge in [-0.3, -0.25) is 0 Å². The minimum atomic E-state index is -0.399. The number of halogens is 2. The molecule has 2 aromatic rings. The summed E-state index contributed by atoms with van der Waals surface area (Å²) in [5.41, 5.74) is 6.35. The molecule has 18 heavy (non-hydrogen) atoms. The number of anilines is 1. The van der Waals surface area contributed by atoms with Crippen LogP contribution in [-0.4, -0.2) is 9.97 Å². The van der Waals surface area contributed by atoms with Crippen LogP contribution in [0.5, 0.6) is 11.6 Å². The molecule has 0 bridgehead atoms. The van der Waals surface area contributed by atoms with Gasteiger partial charge < -0.3 is 10.5 Å². The van der Waals surface area contributed by atoms with Gasteiger partial charge in [-0.2, -0.15) is 4.98 Å². The number of nitrogens with two attached hydrogens (primary N) is 1. The Kier molecular flexibility index (Phi) is 3.47. The second-order valence-electron chi connectivity index (χ2n) is 3.76. The fourth-order valence-electron chi connectivity index (χ4n) is 1.37. The van der Waals surface area contributed by atoms with Crippen LogP contribution >= 0.6 is 15.9 Å². The molecule has 0 saturated carbocycles. The van der Waals surface area contributed by atoms with Gasteiger partial charge >= 0.3 is 0 Å². The maximum absolute atomic E-state index is 13.4. The van der Waals surface area contributed by atoms with E-state index < -0.39 is 5.82 Å². The first-order chi connectivity index (χ1) is 8.47. The van der Waals surface area contributed by atoms with Crippen molar-refractivity contribution >= 4 is 21.7 Å². The van der Waals surface area contributed by atoms with E-state index in [1.165, 1.54) is 6.07 Å². The van der Waals surface area contributed by atoms with Crippen LogP contribution in [0, 0.1) is 19.7 Å². The summed E-state index contributed by atoms with van der Waals surface area (Å²) in [6.45, 7) is 3.46. The van der Waals surface area contributed by atoms with E-state index in [2.05, 4.69) is 25.9 Å². The third-order valence-corrected chi connectivity index (χ3v) is 3.00. The number of hydrogen-bond acceptors (Lipinski definition) is 4. The highest BCUT2D eigenvalue weighted by atomic mass is 79.9. The number of benzene rings is 1. The minimum Gasteiger partial charge on any atom is -0.438 e. The van der Waals surface area contributed by atoms with Crippen molar-refractivity contribution in [3.8, 4) is 11.6 Å². The van der Waals surface area contributed by atoms with Gasteiger partial charge in [0.05, 0.1) is 10.0 Å². The second-order valence-corrected chi connectivity index (χ2v) is 4.62. The quantitative estimate of drug-likeness (QED) is 0.923. The fourth-order valence-corrected chi connectivity index (χ4v) is 1.62. The molecule has 6 heteroatoms. The highest BCUT2D eigenvalue weighted by molar-refractivity contribution is 9.10. The van der Waals surface area contributed by atoms with Crippen molar-refractivity contribution in [2.75, 3.05) is 5.73 Å². The molecule has 0 saturated heterocycles. The molecule has 0 fully saturated rings. The van der Waals surface area contributed by atoms with Crippen molar-refractivity contribution in [2.24, 2.45) is 0 Å². The van der Waals surface area contributed by atoms with E-state index in [0.29, 0.717) is 33.3 Å². The minimum absolute atomic E-state index is 0.335. The Labute approximate surface area is 112 Å². The van der Waals surface area contributed by atoms with Gasteiger partial charge in [0.2, 0.25) is 5.88 Å². The van der Waals surface area contributed by atoms with Crippen LogP contribution < -0.4 is 10.5 Å². The van der Waals surface area contributed by atoms with Crippen LogP contribution in [0.4, 0.5) is 10.2 Å². The molecule has 0 amide bonds. The van der Waals surface area contributed by atoms with Crippen molar-refractivity contribution in [2.45, 2.75) is 13.8 Å². The lowest BCUT2D eigenvalue weighted by Gasteiger charge is -2.10. The van der Waals surface area contributed by atoms with Crippen molar-refractivity contribution < 1.29 is 9.13 Å². The smallest absolute Gasteiger partial charge is 0.227 e. The number of nitrogen functional groups attached to an aromatic ring is 1. The lowest BCUT2D eigenvalue weighted by molar-refractivity contribution is 0.451. The Balaban J connectivity index is 2.36. The summed E-state index contributed by atoms with van der Waals surface area (Å²) in [6.07, 6.45) is 0. The van der Waals surface area contributed by atoms with E-state index >= 15 is 0 Å². The number of nitrogens with zero attached hydrogens (tertiary/aromatic N) is 2. The SMILES string of the molecule is Cc1nc(N)c(C)c(Oc2ccc(Br)c(F)c2)n1. The van der Waals surface area contributed by atoms with Gasteiger partial charge in [-0.15, -0.1) is 0 Å². The normalized spacial score (nSPS) is 10.4. The Bertz CT molecular complexity index is 604. The summed E-state index contributed by atoms with van der Waals surface area (Å²) in [4.78, 5) is 8.15. The predicted octanol–water partition coefficient (Wildman–Crippen LogP) is 3.37.